The van der Waals surface area contributed by atoms with Crippen molar-refractivity contribution in [2.24, 2.45) is 0 Å². The summed E-state index contributed by atoms with van der Waals surface area (Å²) in [4.78, 5) is 3.18. The van der Waals surface area contributed by atoms with Gasteiger partial charge in [0.25, 0.3) is 0 Å². The summed E-state index contributed by atoms with van der Waals surface area (Å²) in [7, 11) is -3.15. The van der Waals surface area contributed by atoms with Crippen molar-refractivity contribution in [1.29, 1.82) is 0 Å². The lowest BCUT2D eigenvalue weighted by Gasteiger charge is -2.24. The molecular formula is C16H22N2O4S3. The Bertz CT molecular complexity index is 934. The average molecular weight is 403 g/mol. The van der Waals surface area contributed by atoms with Crippen LogP contribution in [0.15, 0.2) is 45.5 Å². The van der Waals surface area contributed by atoms with E-state index in [1.807, 2.05) is 36.5 Å². The zero-order valence-corrected chi connectivity index (χ0v) is 17.0. The molecule has 9 heteroatoms. The van der Waals surface area contributed by atoms with Gasteiger partial charge < -0.3 is 10.2 Å². The lowest BCUT2D eigenvalue weighted by Crippen LogP contribution is -2.26. The number of rotatable bonds is 7. The van der Waals surface area contributed by atoms with Gasteiger partial charge in [0, 0.05) is 23.9 Å². The second-order valence-corrected chi connectivity index (χ2v) is 11.1. The molecule has 0 radical (unpaired) electrons. The minimum absolute atomic E-state index is 0.0131. The van der Waals surface area contributed by atoms with Gasteiger partial charge in [-0.1, -0.05) is 6.07 Å². The van der Waals surface area contributed by atoms with Gasteiger partial charge in [-0.05, 0) is 43.7 Å². The quantitative estimate of drug-likeness (QED) is 0.765. The van der Waals surface area contributed by atoms with Crippen LogP contribution in [0, 0.1) is 0 Å². The maximum atomic E-state index is 12.1. The molecule has 1 aromatic heterocycles. The minimum Gasteiger partial charge on any atom is -0.382 e. The molecule has 138 valence electrons. The van der Waals surface area contributed by atoms with Crippen molar-refractivity contribution < 1.29 is 16.8 Å². The van der Waals surface area contributed by atoms with E-state index in [1.165, 1.54) is 18.2 Å². The van der Waals surface area contributed by atoms with E-state index in [0.29, 0.717) is 12.2 Å². The summed E-state index contributed by atoms with van der Waals surface area (Å²) in [6.07, 6.45) is 2.13. The summed E-state index contributed by atoms with van der Waals surface area (Å²) in [6, 6.07) is 8.21. The molecule has 0 aliphatic heterocycles. The first kappa shape index (κ1) is 19.9. The zero-order valence-electron chi connectivity index (χ0n) is 14.6. The second-order valence-electron chi connectivity index (χ2n) is 6.08. The van der Waals surface area contributed by atoms with Gasteiger partial charge >= 0.3 is 0 Å². The highest BCUT2D eigenvalue weighted by Gasteiger charge is 2.20. The molecule has 25 heavy (non-hydrogen) atoms. The van der Waals surface area contributed by atoms with E-state index in [-0.39, 0.29) is 15.8 Å². The van der Waals surface area contributed by atoms with E-state index in [4.69, 9.17) is 0 Å². The Morgan fingerprint density at radius 3 is 2.24 bits per heavy atom. The molecule has 1 aromatic carbocycles. The van der Waals surface area contributed by atoms with Crippen LogP contribution < -0.4 is 5.32 Å². The molecule has 1 atom stereocenters. The van der Waals surface area contributed by atoms with Crippen molar-refractivity contribution in [2.75, 3.05) is 38.5 Å². The molecule has 2 aromatic rings. The summed E-state index contributed by atoms with van der Waals surface area (Å²) in [5.74, 6) is 0. The summed E-state index contributed by atoms with van der Waals surface area (Å²) < 4.78 is 47.6. The third-order valence-corrected chi connectivity index (χ3v) is 6.98. The van der Waals surface area contributed by atoms with E-state index in [9.17, 15) is 16.8 Å². The summed E-state index contributed by atoms with van der Waals surface area (Å²) >= 11 is 1.63. The van der Waals surface area contributed by atoms with Crippen molar-refractivity contribution in [1.82, 2.24) is 4.90 Å². The highest BCUT2D eigenvalue weighted by molar-refractivity contribution is 7.91. The van der Waals surface area contributed by atoms with E-state index in [0.717, 1.165) is 17.4 Å². The molecule has 0 amide bonds. The summed E-state index contributed by atoms with van der Waals surface area (Å²) in [5.41, 5.74) is 0.401. The molecule has 0 saturated carbocycles. The Hall–Kier alpha value is -1.42. The monoisotopic (exact) mass is 402 g/mol. The van der Waals surface area contributed by atoms with Gasteiger partial charge in [0.1, 0.15) is 0 Å². The van der Waals surface area contributed by atoms with Gasteiger partial charge in [-0.25, -0.2) is 16.8 Å². The van der Waals surface area contributed by atoms with Crippen LogP contribution in [0.25, 0.3) is 0 Å². The highest BCUT2D eigenvalue weighted by atomic mass is 32.2. The number of hydrogen-bond acceptors (Lipinski definition) is 7. The van der Waals surface area contributed by atoms with Gasteiger partial charge in [0.15, 0.2) is 19.7 Å². The molecular weight excluding hydrogens is 380 g/mol. The number of likely N-dealkylation sites (N-methyl/N-ethyl adjacent to an activating group) is 1. The van der Waals surface area contributed by atoms with Crippen LogP contribution >= 0.6 is 11.3 Å². The molecule has 0 fully saturated rings. The highest BCUT2D eigenvalue weighted by Crippen LogP contribution is 2.28. The number of nitrogens with one attached hydrogen (secondary N) is 1. The third kappa shape index (κ3) is 5.04. The fourth-order valence-electron chi connectivity index (χ4n) is 2.41. The first-order chi connectivity index (χ1) is 11.5. The topological polar surface area (TPSA) is 83.6 Å². The molecule has 6 nitrogen and oxygen atoms in total. The zero-order chi connectivity index (χ0) is 18.8. The van der Waals surface area contributed by atoms with Crippen LogP contribution in [-0.2, 0) is 19.7 Å². The Morgan fingerprint density at radius 1 is 1.08 bits per heavy atom. The van der Waals surface area contributed by atoms with Crippen molar-refractivity contribution in [3.05, 3.63) is 40.6 Å². The number of hydrogen-bond donors (Lipinski definition) is 1. The van der Waals surface area contributed by atoms with Gasteiger partial charge in [-0.2, -0.15) is 0 Å². The lowest BCUT2D eigenvalue weighted by atomic mass is 10.2. The molecule has 1 N–H and O–H groups in total. The first-order valence-electron chi connectivity index (χ1n) is 7.48. The number of thiophene rings is 1. The second kappa shape index (κ2) is 7.45. The summed E-state index contributed by atoms with van der Waals surface area (Å²) in [6.45, 7) is 0.494. The molecule has 0 aliphatic rings. The first-order valence-corrected chi connectivity index (χ1v) is 12.1. The van der Waals surface area contributed by atoms with Crippen LogP contribution in [0.4, 0.5) is 5.69 Å². The Morgan fingerprint density at radius 2 is 1.76 bits per heavy atom. The van der Waals surface area contributed by atoms with Crippen molar-refractivity contribution in [3.63, 3.8) is 0 Å². The molecule has 0 saturated heterocycles. The number of benzene rings is 1. The predicted molar refractivity (Wildman–Crippen MR) is 102 cm³/mol. The predicted octanol–water partition coefficient (Wildman–Crippen LogP) is 2.27. The average Bonchev–Trinajstić information content (AvgIpc) is 2.99. The lowest BCUT2D eigenvalue weighted by molar-refractivity contribution is 0.316. The fourth-order valence-corrected chi connectivity index (χ4v) is 4.94. The minimum atomic E-state index is -3.58. The smallest absolute Gasteiger partial charge is 0.177 e. The van der Waals surface area contributed by atoms with E-state index < -0.39 is 19.7 Å². The fraction of sp³-hybridized carbons (Fsp3) is 0.375. The number of anilines is 1. The van der Waals surface area contributed by atoms with Gasteiger partial charge in [-0.3, -0.25) is 0 Å². The van der Waals surface area contributed by atoms with Crippen molar-refractivity contribution in [2.45, 2.75) is 15.8 Å². The molecule has 0 bridgehead atoms. The van der Waals surface area contributed by atoms with Crippen LogP contribution in [0.3, 0.4) is 0 Å². The summed E-state index contributed by atoms with van der Waals surface area (Å²) in [5, 5.41) is 5.15. The standard InChI is InChI=1S/C16H22N2O4S3/c1-18(2)14(15-6-5-9-23-15)11-17-13-8-7-12(24(3,19)20)10-16(13)25(4,21)22/h5-10,14,17H,11H2,1-4H3/t14-/m0/s1. The molecule has 0 unspecified atom stereocenters. The van der Waals surface area contributed by atoms with E-state index >= 15 is 0 Å². The molecule has 2 rings (SSSR count). The largest absolute Gasteiger partial charge is 0.382 e. The molecule has 0 spiro atoms. The Balaban J connectivity index is 2.36. The van der Waals surface area contributed by atoms with Crippen molar-refractivity contribution >= 4 is 36.7 Å². The Labute approximate surface area is 153 Å². The molecule has 1 heterocycles. The maximum absolute atomic E-state index is 12.1. The maximum Gasteiger partial charge on any atom is 0.177 e. The van der Waals surface area contributed by atoms with Crippen molar-refractivity contribution in [3.8, 4) is 0 Å². The van der Waals surface area contributed by atoms with Crippen LogP contribution in [0.2, 0.25) is 0 Å². The van der Waals surface area contributed by atoms with Crippen LogP contribution in [0.5, 0.6) is 0 Å². The SMILES string of the molecule is CN(C)[C@@H](CNc1ccc(S(C)(=O)=O)cc1S(C)(=O)=O)c1cccs1. The van der Waals surface area contributed by atoms with E-state index in [1.54, 1.807) is 11.3 Å². The molecule has 0 aliphatic carbocycles. The number of sulfone groups is 2. The third-order valence-electron chi connectivity index (χ3n) is 3.76. The Kier molecular flexibility index (Phi) is 5.93. The van der Waals surface area contributed by atoms with Gasteiger partial charge in [0.05, 0.1) is 21.5 Å². The number of nitrogens with zero attached hydrogens (tertiary/aromatic N) is 1. The van der Waals surface area contributed by atoms with Gasteiger partial charge in [0.2, 0.25) is 0 Å². The van der Waals surface area contributed by atoms with Gasteiger partial charge in [-0.15, -0.1) is 11.3 Å². The van der Waals surface area contributed by atoms with Crippen LogP contribution in [-0.4, -0.2) is 54.9 Å². The normalized spacial score (nSPS) is 13.8. The van der Waals surface area contributed by atoms with E-state index in [2.05, 4.69) is 5.32 Å². The van der Waals surface area contributed by atoms with Crippen LogP contribution in [0.1, 0.15) is 10.9 Å².